The minimum absolute atomic E-state index is 0.0369. The van der Waals surface area contributed by atoms with Crippen LogP contribution in [0.2, 0.25) is 0 Å². The van der Waals surface area contributed by atoms with Crippen LogP contribution >= 0.6 is 0 Å². The van der Waals surface area contributed by atoms with E-state index in [-0.39, 0.29) is 11.5 Å². The number of piperidine rings is 1. The largest absolute Gasteiger partial charge is 0.336 e. The lowest BCUT2D eigenvalue weighted by atomic mass is 9.92. The highest BCUT2D eigenvalue weighted by atomic mass is 16.2. The van der Waals surface area contributed by atoms with Gasteiger partial charge in [0.2, 0.25) is 5.91 Å². The lowest BCUT2D eigenvalue weighted by molar-refractivity contribution is -0.140. The topological polar surface area (TPSA) is 35.6 Å². The zero-order chi connectivity index (χ0) is 13.2. The number of hydrogen-bond donors (Lipinski definition) is 1. The third kappa shape index (κ3) is 2.69. The van der Waals surface area contributed by atoms with Crippen LogP contribution in [0.4, 0.5) is 0 Å². The Kier molecular flexibility index (Phi) is 4.28. The van der Waals surface area contributed by atoms with Gasteiger partial charge in [-0.3, -0.25) is 4.79 Å². The summed E-state index contributed by atoms with van der Waals surface area (Å²) < 4.78 is 0. The molecule has 0 aromatic carbocycles. The lowest BCUT2D eigenvalue weighted by Gasteiger charge is -2.39. The highest BCUT2D eigenvalue weighted by Gasteiger charge is 2.41. The normalized spacial score (nSPS) is 30.9. The molecule has 4 heteroatoms. The van der Waals surface area contributed by atoms with E-state index >= 15 is 0 Å². The van der Waals surface area contributed by atoms with Crippen LogP contribution in [-0.2, 0) is 4.79 Å². The fourth-order valence-corrected chi connectivity index (χ4v) is 3.44. The average molecular weight is 253 g/mol. The van der Waals surface area contributed by atoms with E-state index in [2.05, 4.69) is 29.1 Å². The van der Waals surface area contributed by atoms with Gasteiger partial charge in [-0.1, -0.05) is 0 Å². The zero-order valence-corrected chi connectivity index (χ0v) is 12.0. The number of likely N-dealkylation sites (N-methyl/N-ethyl adjacent to an activating group) is 1. The molecule has 0 saturated carbocycles. The number of likely N-dealkylation sites (tertiary alicyclic amines) is 2. The van der Waals surface area contributed by atoms with Crippen LogP contribution in [0.1, 0.15) is 32.6 Å². The quantitative estimate of drug-likeness (QED) is 0.813. The summed E-state index contributed by atoms with van der Waals surface area (Å²) in [4.78, 5) is 17.1. The van der Waals surface area contributed by atoms with Crippen molar-refractivity contribution in [2.45, 2.75) is 38.1 Å². The van der Waals surface area contributed by atoms with Crippen molar-refractivity contribution in [1.82, 2.24) is 15.1 Å². The van der Waals surface area contributed by atoms with E-state index in [4.69, 9.17) is 0 Å². The van der Waals surface area contributed by atoms with Gasteiger partial charge in [0, 0.05) is 19.0 Å². The lowest BCUT2D eigenvalue weighted by Crippen LogP contribution is -2.53. The summed E-state index contributed by atoms with van der Waals surface area (Å²) in [5, 5.41) is 3.24. The van der Waals surface area contributed by atoms with E-state index in [1.807, 2.05) is 7.05 Å². The molecule has 1 atom stereocenters. The van der Waals surface area contributed by atoms with Crippen LogP contribution in [0.3, 0.4) is 0 Å². The maximum Gasteiger partial charge on any atom is 0.226 e. The molecule has 2 saturated heterocycles. The first-order valence-corrected chi connectivity index (χ1v) is 7.21. The Hall–Kier alpha value is -0.610. The van der Waals surface area contributed by atoms with Crippen LogP contribution in [0, 0.1) is 5.92 Å². The van der Waals surface area contributed by atoms with Gasteiger partial charge in [-0.05, 0) is 59.8 Å². The van der Waals surface area contributed by atoms with Crippen molar-refractivity contribution in [3.8, 4) is 0 Å². The highest BCUT2D eigenvalue weighted by molar-refractivity contribution is 5.80. The van der Waals surface area contributed by atoms with Crippen molar-refractivity contribution in [2.24, 2.45) is 5.92 Å². The van der Waals surface area contributed by atoms with Gasteiger partial charge in [0.1, 0.15) is 0 Å². The Morgan fingerprint density at radius 1 is 1.33 bits per heavy atom. The average Bonchev–Trinajstić information content (AvgIpc) is 2.71. The molecule has 0 aromatic rings. The van der Waals surface area contributed by atoms with Crippen molar-refractivity contribution in [2.75, 3.05) is 40.3 Å². The molecule has 1 unspecified atom stereocenters. The monoisotopic (exact) mass is 253 g/mol. The Labute approximate surface area is 111 Å². The van der Waals surface area contributed by atoms with Gasteiger partial charge in [-0.2, -0.15) is 0 Å². The van der Waals surface area contributed by atoms with E-state index in [0.29, 0.717) is 5.91 Å². The molecule has 104 valence electrons. The molecule has 0 spiro atoms. The molecular weight excluding hydrogens is 226 g/mol. The van der Waals surface area contributed by atoms with Gasteiger partial charge in [0.25, 0.3) is 0 Å². The second kappa shape index (κ2) is 5.57. The van der Waals surface area contributed by atoms with Gasteiger partial charge >= 0.3 is 0 Å². The van der Waals surface area contributed by atoms with Gasteiger partial charge in [-0.15, -0.1) is 0 Å². The minimum Gasteiger partial charge on any atom is -0.336 e. The molecule has 2 rings (SSSR count). The second-order valence-electron chi connectivity index (χ2n) is 6.20. The van der Waals surface area contributed by atoms with E-state index < -0.39 is 0 Å². The molecule has 0 aliphatic carbocycles. The minimum atomic E-state index is 0.0369. The number of nitrogens with one attached hydrogen (secondary N) is 1. The third-order valence-electron chi connectivity index (χ3n) is 4.64. The zero-order valence-electron chi connectivity index (χ0n) is 12.0. The molecule has 2 aliphatic rings. The Morgan fingerprint density at radius 3 is 2.61 bits per heavy atom. The van der Waals surface area contributed by atoms with Gasteiger partial charge in [-0.25, -0.2) is 0 Å². The molecular formula is C14H27N3O. The number of rotatable bonds is 3. The van der Waals surface area contributed by atoms with Crippen LogP contribution < -0.4 is 5.32 Å². The molecule has 18 heavy (non-hydrogen) atoms. The molecule has 1 N–H and O–H groups in total. The number of amides is 1. The number of carbonyl (C=O) groups is 1. The van der Waals surface area contributed by atoms with Gasteiger partial charge < -0.3 is 15.1 Å². The van der Waals surface area contributed by atoms with E-state index in [1.165, 1.54) is 0 Å². The third-order valence-corrected chi connectivity index (χ3v) is 4.64. The van der Waals surface area contributed by atoms with Crippen LogP contribution in [-0.4, -0.2) is 61.5 Å². The molecule has 0 aromatic heterocycles. The Morgan fingerprint density at radius 2 is 2.00 bits per heavy atom. The molecule has 0 radical (unpaired) electrons. The molecule has 2 heterocycles. The Balaban J connectivity index is 1.99. The van der Waals surface area contributed by atoms with Gasteiger partial charge in [0.05, 0.1) is 5.54 Å². The maximum absolute atomic E-state index is 12.7. The van der Waals surface area contributed by atoms with Crippen LogP contribution in [0.25, 0.3) is 0 Å². The molecule has 1 amide bonds. The number of nitrogens with zero attached hydrogens (tertiary/aromatic N) is 2. The Bertz CT molecular complexity index is 299. The van der Waals surface area contributed by atoms with E-state index in [1.54, 1.807) is 0 Å². The molecule has 2 aliphatic heterocycles. The van der Waals surface area contributed by atoms with Crippen molar-refractivity contribution in [3.63, 3.8) is 0 Å². The number of hydrogen-bond acceptors (Lipinski definition) is 3. The van der Waals surface area contributed by atoms with Crippen molar-refractivity contribution >= 4 is 5.91 Å². The van der Waals surface area contributed by atoms with Gasteiger partial charge in [0.15, 0.2) is 0 Å². The van der Waals surface area contributed by atoms with Crippen molar-refractivity contribution < 1.29 is 4.79 Å². The standard InChI is InChI=1S/C14H27N3O/c1-14(11-15-2)7-4-8-17(14)13(18)12-5-9-16(3)10-6-12/h12,15H,4-11H2,1-3H3. The smallest absolute Gasteiger partial charge is 0.226 e. The van der Waals surface area contributed by atoms with Crippen LogP contribution in [0.5, 0.6) is 0 Å². The summed E-state index contributed by atoms with van der Waals surface area (Å²) in [6.45, 7) is 6.21. The fourth-order valence-electron chi connectivity index (χ4n) is 3.44. The summed E-state index contributed by atoms with van der Waals surface area (Å²) in [5.41, 5.74) is 0.0369. The summed E-state index contributed by atoms with van der Waals surface area (Å²) in [6, 6.07) is 0. The molecule has 4 nitrogen and oxygen atoms in total. The molecule has 2 fully saturated rings. The summed E-state index contributed by atoms with van der Waals surface area (Å²) in [7, 11) is 4.11. The van der Waals surface area contributed by atoms with Crippen molar-refractivity contribution in [1.29, 1.82) is 0 Å². The highest BCUT2D eigenvalue weighted by Crippen LogP contribution is 2.31. The number of carbonyl (C=O) groups excluding carboxylic acids is 1. The first-order valence-electron chi connectivity index (χ1n) is 7.21. The first kappa shape index (κ1) is 13.8. The van der Waals surface area contributed by atoms with Crippen molar-refractivity contribution in [3.05, 3.63) is 0 Å². The molecule has 0 bridgehead atoms. The van der Waals surface area contributed by atoms with E-state index in [9.17, 15) is 4.79 Å². The first-order chi connectivity index (χ1) is 8.57. The van der Waals surface area contributed by atoms with E-state index in [0.717, 1.165) is 51.9 Å². The summed E-state index contributed by atoms with van der Waals surface area (Å²) >= 11 is 0. The predicted octanol–water partition coefficient (Wildman–Crippen LogP) is 0.929. The second-order valence-corrected chi connectivity index (χ2v) is 6.20. The maximum atomic E-state index is 12.7. The fraction of sp³-hybridized carbons (Fsp3) is 0.929. The summed E-state index contributed by atoms with van der Waals surface area (Å²) in [6.07, 6.45) is 4.34. The van der Waals surface area contributed by atoms with Crippen LogP contribution in [0.15, 0.2) is 0 Å². The predicted molar refractivity (Wildman–Crippen MR) is 73.5 cm³/mol. The summed E-state index contributed by atoms with van der Waals surface area (Å²) in [5.74, 6) is 0.661. The SMILES string of the molecule is CNCC1(C)CCCN1C(=O)C1CCN(C)CC1.